The molecule has 1 amide bonds. The van der Waals surface area contributed by atoms with Crippen LogP contribution in [0.4, 0.5) is 14.5 Å². The van der Waals surface area contributed by atoms with Crippen LogP contribution in [0.3, 0.4) is 0 Å². The Hall–Kier alpha value is -2.94. The third kappa shape index (κ3) is 7.47. The van der Waals surface area contributed by atoms with Gasteiger partial charge in [0.05, 0.1) is 13.3 Å². The van der Waals surface area contributed by atoms with E-state index >= 15 is 0 Å². The Bertz CT molecular complexity index is 797. The highest BCUT2D eigenvalue weighted by Gasteiger charge is 2.15. The van der Waals surface area contributed by atoms with E-state index in [9.17, 15) is 13.6 Å². The Morgan fingerprint density at radius 2 is 1.87 bits per heavy atom. The van der Waals surface area contributed by atoms with Gasteiger partial charge in [-0.15, -0.1) is 0 Å². The molecule has 9 heteroatoms. The van der Waals surface area contributed by atoms with Gasteiger partial charge in [-0.2, -0.15) is 0 Å². The Kier molecular flexibility index (Phi) is 9.27. The summed E-state index contributed by atoms with van der Waals surface area (Å²) < 4.78 is 40.7. The Morgan fingerprint density at radius 3 is 2.37 bits per heavy atom. The van der Waals surface area contributed by atoms with Gasteiger partial charge < -0.3 is 24.8 Å². The summed E-state index contributed by atoms with van der Waals surface area (Å²) in [4.78, 5) is 15.8. The zero-order chi connectivity index (χ0) is 21.9. The molecule has 1 aliphatic rings. The van der Waals surface area contributed by atoms with Crippen LogP contribution >= 0.6 is 0 Å². The zero-order valence-electron chi connectivity index (χ0n) is 17.1. The summed E-state index contributed by atoms with van der Waals surface area (Å²) in [5.41, 5.74) is 5.49. The average Bonchev–Trinajstić information content (AvgIpc) is 3.28. The summed E-state index contributed by atoms with van der Waals surface area (Å²) in [6, 6.07) is 8.41. The predicted molar refractivity (Wildman–Crippen MR) is 109 cm³/mol. The Morgan fingerprint density at radius 1 is 1.17 bits per heavy atom. The topological polar surface area (TPSA) is 86.9 Å². The number of anilines is 1. The fourth-order valence-electron chi connectivity index (χ4n) is 2.81. The number of primary amides is 1. The van der Waals surface area contributed by atoms with Crippen molar-refractivity contribution in [2.45, 2.75) is 26.2 Å². The predicted octanol–water partition coefficient (Wildman–Crippen LogP) is 3.93. The molecule has 1 aromatic heterocycles. The lowest BCUT2D eigenvalue weighted by molar-refractivity contribution is -0.122. The van der Waals surface area contributed by atoms with Crippen molar-refractivity contribution in [3.05, 3.63) is 42.2 Å². The van der Waals surface area contributed by atoms with Crippen molar-refractivity contribution < 1.29 is 27.8 Å². The Balaban J connectivity index is 0.000000396. The van der Waals surface area contributed by atoms with E-state index in [1.807, 2.05) is 19.1 Å². The highest BCUT2D eigenvalue weighted by atomic mass is 19.3. The first-order valence-corrected chi connectivity index (χ1v) is 9.65. The zero-order valence-corrected chi connectivity index (χ0v) is 17.1. The lowest BCUT2D eigenvalue weighted by Crippen LogP contribution is -2.17. The van der Waals surface area contributed by atoms with Crippen molar-refractivity contribution in [3.63, 3.8) is 0 Å². The van der Waals surface area contributed by atoms with Crippen LogP contribution in [0.25, 0.3) is 0 Å². The maximum Gasteiger partial charge on any atom is 0.280 e. The van der Waals surface area contributed by atoms with Crippen LogP contribution in [0, 0.1) is 0 Å². The summed E-state index contributed by atoms with van der Waals surface area (Å²) in [5, 5.41) is 0. The van der Waals surface area contributed by atoms with Crippen LogP contribution in [0.2, 0.25) is 0 Å². The molecule has 0 aliphatic carbocycles. The first kappa shape index (κ1) is 23.3. The molecule has 1 fully saturated rings. The number of ether oxygens (including phenoxy) is 3. The highest BCUT2D eigenvalue weighted by molar-refractivity contribution is 5.74. The summed E-state index contributed by atoms with van der Waals surface area (Å²) in [6.07, 6.45) is 1.07. The number of pyridine rings is 1. The molecule has 1 aliphatic heterocycles. The van der Waals surface area contributed by atoms with Gasteiger partial charge in [-0.1, -0.05) is 0 Å². The quantitative estimate of drug-likeness (QED) is 0.692. The van der Waals surface area contributed by atoms with Crippen molar-refractivity contribution in [3.8, 4) is 17.2 Å². The van der Waals surface area contributed by atoms with Gasteiger partial charge in [-0.25, -0.2) is 8.78 Å². The molecular formula is C21H27F2N3O4. The van der Waals surface area contributed by atoms with E-state index in [2.05, 4.69) is 14.6 Å². The van der Waals surface area contributed by atoms with Crippen LogP contribution < -0.4 is 20.1 Å². The fraction of sp³-hybridized carbons (Fsp3) is 0.429. The smallest absolute Gasteiger partial charge is 0.280 e. The van der Waals surface area contributed by atoms with E-state index in [-0.39, 0.29) is 12.3 Å². The number of aromatic nitrogens is 1. The van der Waals surface area contributed by atoms with Crippen molar-refractivity contribution >= 4 is 11.6 Å². The van der Waals surface area contributed by atoms with Gasteiger partial charge in [0.25, 0.3) is 6.43 Å². The molecule has 7 nitrogen and oxygen atoms in total. The maximum atomic E-state index is 12.5. The molecule has 0 unspecified atom stereocenters. The van der Waals surface area contributed by atoms with E-state index in [1.165, 1.54) is 31.2 Å². The molecule has 164 valence electrons. The minimum atomic E-state index is -2.58. The van der Waals surface area contributed by atoms with Crippen LogP contribution in [0.1, 0.15) is 31.9 Å². The van der Waals surface area contributed by atoms with E-state index in [0.29, 0.717) is 23.9 Å². The van der Waals surface area contributed by atoms with Crippen molar-refractivity contribution in [2.75, 3.05) is 38.3 Å². The van der Waals surface area contributed by atoms with Gasteiger partial charge in [0.1, 0.15) is 29.5 Å². The number of amides is 1. The fourth-order valence-corrected chi connectivity index (χ4v) is 2.81. The number of rotatable bonds is 8. The number of nitrogens with two attached hydrogens (primary N) is 1. The van der Waals surface area contributed by atoms with Crippen LogP contribution in [0.15, 0.2) is 36.5 Å². The van der Waals surface area contributed by atoms with E-state index in [1.54, 1.807) is 13.2 Å². The van der Waals surface area contributed by atoms with Crippen LogP contribution in [0.5, 0.6) is 17.2 Å². The van der Waals surface area contributed by atoms with Crippen molar-refractivity contribution in [1.29, 1.82) is 0 Å². The molecule has 0 bridgehead atoms. The number of methoxy groups -OCH3 is 1. The summed E-state index contributed by atoms with van der Waals surface area (Å²) in [6.45, 7) is 4.41. The molecule has 0 radical (unpaired) electrons. The number of carbonyl (C=O) groups is 1. The van der Waals surface area contributed by atoms with E-state index < -0.39 is 12.3 Å². The number of hydrogen-bond donors (Lipinski definition) is 1. The molecule has 3 rings (SSSR count). The molecule has 30 heavy (non-hydrogen) atoms. The monoisotopic (exact) mass is 423 g/mol. The molecule has 2 N–H and O–H groups in total. The van der Waals surface area contributed by atoms with Gasteiger partial charge in [0.2, 0.25) is 5.91 Å². The second-order valence-corrected chi connectivity index (χ2v) is 6.49. The normalized spacial score (nSPS) is 13.0. The molecule has 1 saturated heterocycles. The number of carbonyl (C=O) groups excluding carboxylic acids is 1. The third-order valence-electron chi connectivity index (χ3n) is 4.24. The summed E-state index contributed by atoms with van der Waals surface area (Å²) in [5.74, 6) is 1.29. The number of nitrogens with zero attached hydrogens (tertiary/aromatic N) is 2. The highest BCUT2D eigenvalue weighted by Crippen LogP contribution is 2.33. The average molecular weight is 423 g/mol. The number of halogens is 2. The minimum Gasteiger partial charge on any atom is -0.497 e. The second-order valence-electron chi connectivity index (χ2n) is 6.49. The van der Waals surface area contributed by atoms with Gasteiger partial charge >= 0.3 is 0 Å². The van der Waals surface area contributed by atoms with E-state index in [0.717, 1.165) is 18.8 Å². The number of alkyl halides is 2. The molecule has 0 saturated carbocycles. The first-order chi connectivity index (χ1) is 14.4. The maximum absolute atomic E-state index is 12.5. The standard InChI is InChI=1S/C17H18F2N2O2.C4H9NO2/c1-22-14-8-12(21-6-2-3-7-21)9-15(10-14)23-13-4-5-16(17(18)19)20-11-13;1-2-7-3-4(5)6/h4-5,8-11,17H,2-3,6-7H2,1H3;2-3H2,1H3,(H2,5,6). The second kappa shape index (κ2) is 11.9. The van der Waals surface area contributed by atoms with Crippen molar-refractivity contribution in [2.24, 2.45) is 5.73 Å². The van der Waals surface area contributed by atoms with Crippen LogP contribution in [-0.2, 0) is 9.53 Å². The van der Waals surface area contributed by atoms with E-state index in [4.69, 9.17) is 15.2 Å². The van der Waals surface area contributed by atoms with Crippen LogP contribution in [-0.4, -0.2) is 44.3 Å². The molecule has 0 spiro atoms. The largest absolute Gasteiger partial charge is 0.497 e. The number of hydrogen-bond acceptors (Lipinski definition) is 6. The van der Waals surface area contributed by atoms with Gasteiger partial charge in [-0.05, 0) is 31.9 Å². The van der Waals surface area contributed by atoms with Gasteiger partial charge in [0, 0.05) is 43.6 Å². The lowest BCUT2D eigenvalue weighted by Gasteiger charge is -2.19. The molecule has 2 heterocycles. The lowest BCUT2D eigenvalue weighted by atomic mass is 10.2. The van der Waals surface area contributed by atoms with Crippen molar-refractivity contribution in [1.82, 2.24) is 4.98 Å². The molecular weight excluding hydrogens is 396 g/mol. The van der Waals surface area contributed by atoms with Gasteiger partial charge in [0.15, 0.2) is 0 Å². The molecule has 0 atom stereocenters. The number of benzene rings is 1. The van der Waals surface area contributed by atoms with Gasteiger partial charge in [-0.3, -0.25) is 9.78 Å². The third-order valence-corrected chi connectivity index (χ3v) is 4.24. The molecule has 2 aromatic rings. The molecule has 1 aromatic carbocycles. The summed E-state index contributed by atoms with van der Waals surface area (Å²) >= 11 is 0. The first-order valence-electron chi connectivity index (χ1n) is 9.65. The Labute approximate surface area is 174 Å². The summed E-state index contributed by atoms with van der Waals surface area (Å²) in [7, 11) is 1.60. The SMILES string of the molecule is CCOCC(N)=O.COc1cc(Oc2ccc(C(F)F)nc2)cc(N2CCCC2)c1. The minimum absolute atomic E-state index is 0.0382.